The topological polar surface area (TPSA) is 48.5 Å². The maximum atomic E-state index is 6.28. The highest BCUT2D eigenvalue weighted by molar-refractivity contribution is 6.20. The minimum Gasteiger partial charge on any atom is -0.311 e. The number of hydrogen-bond donors (Lipinski definition) is 0. The molecule has 3 rings (SSSR count). The fraction of sp³-hybridized carbons (Fsp3) is 0.400. The molecule has 0 bridgehead atoms. The molecule has 0 aliphatic rings. The molecule has 1 atom stereocenters. The molecule has 0 aliphatic carbocycles. The van der Waals surface area contributed by atoms with E-state index in [1.165, 1.54) is 5.69 Å². The lowest BCUT2D eigenvalue weighted by molar-refractivity contribution is 0.621. The Kier molecular flexibility index (Phi) is 3.68. The summed E-state index contributed by atoms with van der Waals surface area (Å²) in [5.74, 6) is 0.868. The first-order valence-electron chi connectivity index (χ1n) is 7.01. The van der Waals surface area contributed by atoms with Gasteiger partial charge in [-0.2, -0.15) is 5.10 Å². The number of alkyl halides is 1. The second-order valence-electron chi connectivity index (χ2n) is 5.23. The van der Waals surface area contributed by atoms with Gasteiger partial charge in [0.2, 0.25) is 0 Å². The molecule has 0 spiro atoms. The zero-order chi connectivity index (χ0) is 15.0. The highest BCUT2D eigenvalue weighted by Crippen LogP contribution is 2.24. The maximum absolute atomic E-state index is 6.28. The van der Waals surface area contributed by atoms with Crippen molar-refractivity contribution in [2.45, 2.75) is 32.2 Å². The third kappa shape index (κ3) is 2.65. The average molecular weight is 304 g/mol. The first-order chi connectivity index (χ1) is 10.1. The number of nitrogens with zero attached hydrogens (tertiary/aromatic N) is 5. The minimum atomic E-state index is -0.147. The molecule has 110 valence electrons. The van der Waals surface area contributed by atoms with E-state index in [0.29, 0.717) is 0 Å². The summed E-state index contributed by atoms with van der Waals surface area (Å²) in [6, 6.07) is 6.01. The van der Waals surface area contributed by atoms with E-state index in [0.717, 1.165) is 35.6 Å². The SMILES string of the molecule is Cc1ccc2nc(C(C)Cl)n(CCc3ccnn3C)c2n1. The molecule has 0 radical (unpaired) electrons. The van der Waals surface area contributed by atoms with Gasteiger partial charge in [0.25, 0.3) is 0 Å². The normalized spacial score (nSPS) is 13.0. The first-order valence-corrected chi connectivity index (χ1v) is 7.44. The van der Waals surface area contributed by atoms with E-state index < -0.39 is 0 Å². The van der Waals surface area contributed by atoms with Crippen LogP contribution in [0.2, 0.25) is 0 Å². The van der Waals surface area contributed by atoms with Gasteiger partial charge in [0.15, 0.2) is 5.65 Å². The number of aryl methyl sites for hydroxylation is 4. The van der Waals surface area contributed by atoms with Crippen LogP contribution < -0.4 is 0 Å². The predicted octanol–water partition coefficient (Wildman–Crippen LogP) is 3.02. The number of imidazole rings is 1. The third-order valence-electron chi connectivity index (χ3n) is 3.63. The number of hydrogen-bond acceptors (Lipinski definition) is 3. The standard InChI is InChI=1S/C15H18ClN5/c1-10-4-5-13-15(18-10)21(14(19-13)11(2)16)9-7-12-6-8-17-20(12)3/h4-6,8,11H,7,9H2,1-3H3. The molecule has 6 heteroatoms. The summed E-state index contributed by atoms with van der Waals surface area (Å²) >= 11 is 6.28. The van der Waals surface area contributed by atoms with Crippen molar-refractivity contribution in [3.05, 3.63) is 41.6 Å². The van der Waals surface area contributed by atoms with Crippen molar-refractivity contribution in [1.29, 1.82) is 0 Å². The van der Waals surface area contributed by atoms with Gasteiger partial charge in [0, 0.05) is 37.6 Å². The van der Waals surface area contributed by atoms with Gasteiger partial charge in [-0.05, 0) is 32.0 Å². The number of pyridine rings is 1. The lowest BCUT2D eigenvalue weighted by atomic mass is 10.3. The molecular formula is C15H18ClN5. The Labute approximate surface area is 128 Å². The van der Waals surface area contributed by atoms with Gasteiger partial charge in [-0.3, -0.25) is 4.68 Å². The van der Waals surface area contributed by atoms with Crippen LogP contribution >= 0.6 is 11.6 Å². The Bertz CT molecular complexity index is 772. The highest BCUT2D eigenvalue weighted by atomic mass is 35.5. The number of halogens is 1. The van der Waals surface area contributed by atoms with Gasteiger partial charge in [-0.1, -0.05) is 0 Å². The van der Waals surface area contributed by atoms with Crippen LogP contribution in [0.5, 0.6) is 0 Å². The molecule has 3 aromatic rings. The summed E-state index contributed by atoms with van der Waals surface area (Å²) in [6.45, 7) is 4.72. The van der Waals surface area contributed by atoms with E-state index in [-0.39, 0.29) is 5.38 Å². The van der Waals surface area contributed by atoms with Crippen molar-refractivity contribution >= 4 is 22.8 Å². The molecule has 0 amide bonds. The Morgan fingerprint density at radius 1 is 1.24 bits per heavy atom. The lowest BCUT2D eigenvalue weighted by Crippen LogP contribution is -2.09. The molecule has 5 nitrogen and oxygen atoms in total. The van der Waals surface area contributed by atoms with Gasteiger partial charge in [-0.25, -0.2) is 9.97 Å². The van der Waals surface area contributed by atoms with Crippen LogP contribution in [-0.2, 0) is 20.0 Å². The van der Waals surface area contributed by atoms with E-state index in [2.05, 4.69) is 19.6 Å². The van der Waals surface area contributed by atoms with Crippen molar-refractivity contribution in [3.8, 4) is 0 Å². The van der Waals surface area contributed by atoms with Crippen molar-refractivity contribution in [2.75, 3.05) is 0 Å². The molecule has 1 unspecified atom stereocenters. The molecule has 3 aromatic heterocycles. The van der Waals surface area contributed by atoms with Crippen molar-refractivity contribution in [2.24, 2.45) is 7.05 Å². The van der Waals surface area contributed by atoms with Crippen LogP contribution in [0.1, 0.15) is 29.5 Å². The van der Waals surface area contributed by atoms with Gasteiger partial charge < -0.3 is 4.57 Å². The Morgan fingerprint density at radius 3 is 2.71 bits per heavy atom. The predicted molar refractivity (Wildman–Crippen MR) is 83.4 cm³/mol. The first kappa shape index (κ1) is 14.1. The van der Waals surface area contributed by atoms with Gasteiger partial charge in [-0.15, -0.1) is 11.6 Å². The highest BCUT2D eigenvalue weighted by Gasteiger charge is 2.16. The number of aromatic nitrogens is 5. The molecule has 0 fully saturated rings. The van der Waals surface area contributed by atoms with Gasteiger partial charge in [0.05, 0.1) is 5.38 Å². The molecule has 3 heterocycles. The fourth-order valence-electron chi connectivity index (χ4n) is 2.51. The molecular weight excluding hydrogens is 286 g/mol. The van der Waals surface area contributed by atoms with Crippen molar-refractivity contribution < 1.29 is 0 Å². The second-order valence-corrected chi connectivity index (χ2v) is 5.88. The summed E-state index contributed by atoms with van der Waals surface area (Å²) in [5.41, 5.74) is 3.96. The molecule has 21 heavy (non-hydrogen) atoms. The number of rotatable bonds is 4. The minimum absolute atomic E-state index is 0.147. The van der Waals surface area contributed by atoms with E-state index in [1.807, 2.05) is 50.0 Å². The second kappa shape index (κ2) is 5.48. The van der Waals surface area contributed by atoms with Crippen LogP contribution in [0.15, 0.2) is 24.4 Å². The molecule has 0 aromatic carbocycles. The number of fused-ring (bicyclic) bond motifs is 1. The zero-order valence-corrected chi connectivity index (χ0v) is 13.2. The van der Waals surface area contributed by atoms with Gasteiger partial charge >= 0.3 is 0 Å². The molecule has 0 saturated heterocycles. The summed E-state index contributed by atoms with van der Waals surface area (Å²) < 4.78 is 4.01. The third-order valence-corrected chi connectivity index (χ3v) is 3.83. The van der Waals surface area contributed by atoms with E-state index in [9.17, 15) is 0 Å². The average Bonchev–Trinajstić information content (AvgIpc) is 3.00. The lowest BCUT2D eigenvalue weighted by Gasteiger charge is -2.10. The summed E-state index contributed by atoms with van der Waals surface area (Å²) in [5, 5.41) is 4.05. The van der Waals surface area contributed by atoms with Crippen molar-refractivity contribution in [3.63, 3.8) is 0 Å². The van der Waals surface area contributed by atoms with Gasteiger partial charge in [0.1, 0.15) is 11.3 Å². The van der Waals surface area contributed by atoms with E-state index >= 15 is 0 Å². The zero-order valence-electron chi connectivity index (χ0n) is 12.4. The Balaban J connectivity index is 2.00. The Morgan fingerprint density at radius 2 is 2.05 bits per heavy atom. The summed E-state index contributed by atoms with van der Waals surface area (Å²) in [7, 11) is 1.95. The molecule has 0 aliphatic heterocycles. The van der Waals surface area contributed by atoms with Crippen molar-refractivity contribution in [1.82, 2.24) is 24.3 Å². The monoisotopic (exact) mass is 303 g/mol. The largest absolute Gasteiger partial charge is 0.311 e. The molecule has 0 saturated carbocycles. The smallest absolute Gasteiger partial charge is 0.160 e. The fourth-order valence-corrected chi connectivity index (χ4v) is 2.68. The van der Waals surface area contributed by atoms with Crippen LogP contribution in [0.4, 0.5) is 0 Å². The maximum Gasteiger partial charge on any atom is 0.160 e. The van der Waals surface area contributed by atoms with E-state index in [1.54, 1.807) is 0 Å². The summed E-state index contributed by atoms with van der Waals surface area (Å²) in [6.07, 6.45) is 2.68. The quantitative estimate of drug-likeness (QED) is 0.696. The summed E-state index contributed by atoms with van der Waals surface area (Å²) in [4.78, 5) is 9.24. The van der Waals surface area contributed by atoms with E-state index in [4.69, 9.17) is 11.6 Å². The Hall–Kier alpha value is -1.88. The van der Waals surface area contributed by atoms with Crippen LogP contribution in [-0.4, -0.2) is 24.3 Å². The van der Waals surface area contributed by atoms with Crippen LogP contribution in [0, 0.1) is 6.92 Å². The van der Waals surface area contributed by atoms with Crippen LogP contribution in [0.25, 0.3) is 11.2 Å². The molecule has 0 N–H and O–H groups in total. The van der Waals surface area contributed by atoms with Crippen LogP contribution in [0.3, 0.4) is 0 Å².